The molecular formula is C4H12O10Si4. The Morgan fingerprint density at radius 3 is 0.722 bits per heavy atom. The average Bonchev–Trinajstić information content (AvgIpc) is 2.37. The number of hydrogen-bond donors (Lipinski definition) is 0. The van der Waals surface area contributed by atoms with Gasteiger partial charge in [0.05, 0.1) is 0 Å². The van der Waals surface area contributed by atoms with Crippen LogP contribution in [0.5, 0.6) is 0 Å². The Bertz CT molecular complexity index is 262. The van der Waals surface area contributed by atoms with Crippen LogP contribution in [0.4, 0.5) is 0 Å². The maximum Gasteiger partial charge on any atom is 0.662 e. The van der Waals surface area contributed by atoms with Crippen molar-refractivity contribution in [1.82, 2.24) is 0 Å². The highest BCUT2D eigenvalue weighted by Crippen LogP contribution is 2.47. The molecule has 4 rings (SSSR count). The predicted molar refractivity (Wildman–Crippen MR) is 57.6 cm³/mol. The van der Waals surface area contributed by atoms with E-state index in [9.17, 15) is 0 Å². The molecule has 0 unspecified atom stereocenters. The lowest BCUT2D eigenvalue weighted by Gasteiger charge is -2.56. The van der Waals surface area contributed by atoms with Gasteiger partial charge in [-0.15, -0.1) is 0 Å². The van der Waals surface area contributed by atoms with Crippen LogP contribution in [0.25, 0.3) is 0 Å². The minimum absolute atomic E-state index is 1.40. The molecule has 0 aromatic carbocycles. The lowest BCUT2D eigenvalue weighted by atomic mass is 11.8. The second-order valence-corrected chi connectivity index (χ2v) is 14.0. The van der Waals surface area contributed by atoms with Crippen LogP contribution < -0.4 is 0 Å². The van der Waals surface area contributed by atoms with Gasteiger partial charge in [-0.1, -0.05) is 0 Å². The fourth-order valence-corrected chi connectivity index (χ4v) is 19.5. The van der Waals surface area contributed by atoms with Crippen LogP contribution in [0.2, 0.25) is 0 Å². The molecule has 18 heavy (non-hydrogen) atoms. The third-order valence-electron chi connectivity index (χ3n) is 2.50. The molecule has 0 saturated carbocycles. The van der Waals surface area contributed by atoms with E-state index in [1.165, 1.54) is 28.4 Å². The molecule has 0 spiro atoms. The van der Waals surface area contributed by atoms with Crippen LogP contribution >= 0.6 is 0 Å². The van der Waals surface area contributed by atoms with Crippen molar-refractivity contribution in [3.05, 3.63) is 0 Å². The maximum absolute atomic E-state index is 5.52. The Kier molecular flexibility index (Phi) is 2.98. The van der Waals surface area contributed by atoms with E-state index >= 15 is 0 Å². The molecule has 0 N–H and O–H groups in total. The van der Waals surface area contributed by atoms with Crippen molar-refractivity contribution < 1.29 is 42.4 Å². The number of rotatable bonds is 4. The highest BCUT2D eigenvalue weighted by atomic mass is 28.6. The van der Waals surface area contributed by atoms with Gasteiger partial charge in [-0.25, -0.2) is 0 Å². The highest BCUT2D eigenvalue weighted by molar-refractivity contribution is 6.96. The summed E-state index contributed by atoms with van der Waals surface area (Å²) < 4.78 is 54.1. The second kappa shape index (κ2) is 3.99. The van der Waals surface area contributed by atoms with E-state index in [-0.39, 0.29) is 0 Å². The molecule has 4 fully saturated rings. The summed E-state index contributed by atoms with van der Waals surface area (Å²) in [5.74, 6) is 0. The standard InChI is InChI=1S/C4H12O10Si4/c1-5-15-9-16(6-2)12-17(7-3,10-15)14-18(8-4,11-15)13-16/h1-4H3. The van der Waals surface area contributed by atoms with E-state index in [4.69, 9.17) is 42.4 Å². The second-order valence-electron chi connectivity index (χ2n) is 3.43. The molecule has 0 aromatic rings. The fraction of sp³-hybridized carbons (Fsp3) is 1.00. The van der Waals surface area contributed by atoms with Crippen LogP contribution in [0.3, 0.4) is 0 Å². The highest BCUT2D eigenvalue weighted by Gasteiger charge is 2.89. The van der Waals surface area contributed by atoms with E-state index in [0.717, 1.165) is 0 Å². The van der Waals surface area contributed by atoms with Crippen LogP contribution in [-0.2, 0) is 42.4 Å². The van der Waals surface area contributed by atoms with Crippen molar-refractivity contribution in [2.45, 2.75) is 0 Å². The molecule has 104 valence electrons. The largest absolute Gasteiger partial charge is 0.662 e. The van der Waals surface area contributed by atoms with Crippen LogP contribution in [0.15, 0.2) is 0 Å². The van der Waals surface area contributed by atoms with Gasteiger partial charge in [0.2, 0.25) is 0 Å². The van der Waals surface area contributed by atoms with Gasteiger partial charge in [0.25, 0.3) is 0 Å². The van der Waals surface area contributed by atoms with Crippen molar-refractivity contribution in [3.8, 4) is 0 Å². The van der Waals surface area contributed by atoms with Crippen molar-refractivity contribution in [2.24, 2.45) is 0 Å². The van der Waals surface area contributed by atoms with Gasteiger partial charge in [0, 0.05) is 28.4 Å². The van der Waals surface area contributed by atoms with E-state index in [1.54, 1.807) is 0 Å². The molecule has 0 radical (unpaired) electrons. The first-order valence-electron chi connectivity index (χ1n) is 4.90. The average molecular weight is 332 g/mol. The van der Waals surface area contributed by atoms with E-state index in [2.05, 4.69) is 0 Å². The molecular weight excluding hydrogens is 320 g/mol. The number of hydrogen-bond acceptors (Lipinski definition) is 10. The quantitative estimate of drug-likeness (QED) is 0.564. The normalized spacial score (nSPS) is 54.0. The van der Waals surface area contributed by atoms with Crippen LogP contribution in [-0.4, -0.2) is 64.6 Å². The Balaban J connectivity index is 2.06. The fourth-order valence-electron chi connectivity index (χ4n) is 1.67. The first-order chi connectivity index (χ1) is 8.49. The zero-order valence-corrected chi connectivity index (χ0v) is 14.1. The summed E-state index contributed by atoms with van der Waals surface area (Å²) >= 11 is 0. The van der Waals surface area contributed by atoms with Gasteiger partial charge < -0.3 is 42.4 Å². The minimum atomic E-state index is -3.46. The maximum atomic E-state index is 5.52. The Labute approximate surface area is 107 Å². The van der Waals surface area contributed by atoms with Gasteiger partial charge in [-0.05, 0) is 0 Å². The van der Waals surface area contributed by atoms with E-state index < -0.39 is 36.2 Å². The summed E-state index contributed by atoms with van der Waals surface area (Å²) in [7, 11) is -8.28. The van der Waals surface area contributed by atoms with Crippen molar-refractivity contribution >= 4 is 36.2 Å². The van der Waals surface area contributed by atoms with E-state index in [1.807, 2.05) is 0 Å². The first-order valence-corrected chi connectivity index (χ1v) is 11.4. The van der Waals surface area contributed by atoms with Crippen molar-refractivity contribution in [1.29, 1.82) is 0 Å². The van der Waals surface area contributed by atoms with Gasteiger partial charge >= 0.3 is 36.2 Å². The third kappa shape index (κ3) is 1.68. The third-order valence-corrected chi connectivity index (χ3v) is 16.5. The molecule has 10 nitrogen and oxygen atoms in total. The first kappa shape index (κ1) is 13.5. The van der Waals surface area contributed by atoms with Gasteiger partial charge in [-0.2, -0.15) is 0 Å². The molecule has 4 heterocycles. The summed E-state index contributed by atoms with van der Waals surface area (Å²) in [5.41, 5.74) is 0. The summed E-state index contributed by atoms with van der Waals surface area (Å²) in [6.07, 6.45) is 0. The van der Waals surface area contributed by atoms with Crippen molar-refractivity contribution in [2.75, 3.05) is 28.4 Å². The Morgan fingerprint density at radius 1 is 0.444 bits per heavy atom. The molecule has 4 bridgehead atoms. The zero-order valence-electron chi connectivity index (χ0n) is 10.1. The Morgan fingerprint density at radius 2 is 0.611 bits per heavy atom. The molecule has 0 amide bonds. The summed E-state index contributed by atoms with van der Waals surface area (Å²) in [6, 6.07) is 0. The molecule has 4 aliphatic heterocycles. The van der Waals surface area contributed by atoms with Crippen LogP contribution in [0, 0.1) is 0 Å². The van der Waals surface area contributed by atoms with Gasteiger partial charge in [0.15, 0.2) is 0 Å². The predicted octanol–water partition coefficient (Wildman–Crippen LogP) is -1.55. The Hall–Kier alpha value is 0.468. The molecule has 0 atom stereocenters. The molecule has 0 aromatic heterocycles. The smallest absolute Gasteiger partial charge is 0.356 e. The molecule has 14 heteroatoms. The monoisotopic (exact) mass is 332 g/mol. The summed E-state index contributed by atoms with van der Waals surface area (Å²) in [6.45, 7) is 0. The van der Waals surface area contributed by atoms with Gasteiger partial charge in [0.1, 0.15) is 0 Å². The van der Waals surface area contributed by atoms with E-state index in [0.29, 0.717) is 0 Å². The molecule has 0 aliphatic carbocycles. The van der Waals surface area contributed by atoms with Gasteiger partial charge in [-0.3, -0.25) is 0 Å². The zero-order chi connectivity index (χ0) is 13.1. The SMILES string of the molecule is CO[Si]12O[Si]3(OC)O[Si](OC)(O1)O[Si](OC)(O2)O3. The summed E-state index contributed by atoms with van der Waals surface area (Å²) in [5, 5.41) is 0. The lowest BCUT2D eigenvalue weighted by molar-refractivity contribution is -0.158. The molecule has 4 saturated heterocycles. The summed E-state index contributed by atoms with van der Waals surface area (Å²) in [4.78, 5) is 0. The lowest BCUT2D eigenvalue weighted by Crippen LogP contribution is -2.90. The molecule has 4 aliphatic rings. The minimum Gasteiger partial charge on any atom is -0.356 e. The van der Waals surface area contributed by atoms with Crippen LogP contribution in [0.1, 0.15) is 0 Å². The van der Waals surface area contributed by atoms with Crippen molar-refractivity contribution in [3.63, 3.8) is 0 Å². The topological polar surface area (TPSA) is 92.3 Å².